The molecule has 2 rings (SSSR count). The Kier molecular flexibility index (Phi) is 6.09. The van der Waals surface area contributed by atoms with Gasteiger partial charge in [0.15, 0.2) is 0 Å². The number of rotatable bonds is 8. The Balaban J connectivity index is 2.20. The average molecular weight is 289 g/mol. The summed E-state index contributed by atoms with van der Waals surface area (Å²) in [7, 11) is 0. The predicted octanol–water partition coefficient (Wildman–Crippen LogP) is 4.43. The molecule has 2 nitrogen and oxygen atoms in total. The largest absolute Gasteiger partial charge is 0.494 e. The molecule has 0 fully saturated rings. The highest BCUT2D eigenvalue weighted by molar-refractivity contribution is 7.09. The highest BCUT2D eigenvalue weighted by Gasteiger charge is 2.16. The molecule has 0 amide bonds. The number of nitrogens with one attached hydrogen (secondary N) is 1. The van der Waals surface area contributed by atoms with Crippen LogP contribution in [0.2, 0.25) is 0 Å². The fourth-order valence-corrected chi connectivity index (χ4v) is 3.05. The summed E-state index contributed by atoms with van der Waals surface area (Å²) in [6, 6.07) is 13.0. The van der Waals surface area contributed by atoms with Gasteiger partial charge in [-0.3, -0.25) is 0 Å². The molecule has 1 atom stereocenters. The molecule has 0 aliphatic heterocycles. The van der Waals surface area contributed by atoms with Crippen molar-refractivity contribution in [3.05, 3.63) is 52.2 Å². The van der Waals surface area contributed by atoms with Crippen LogP contribution >= 0.6 is 11.3 Å². The fourth-order valence-electron chi connectivity index (χ4n) is 2.30. The smallest absolute Gasteiger partial charge is 0.124 e. The topological polar surface area (TPSA) is 21.3 Å². The molecule has 108 valence electrons. The van der Waals surface area contributed by atoms with E-state index in [9.17, 15) is 0 Å². The summed E-state index contributed by atoms with van der Waals surface area (Å²) in [5, 5.41) is 5.79. The second-order valence-electron chi connectivity index (χ2n) is 4.76. The Hall–Kier alpha value is -1.32. The molecule has 3 heteroatoms. The number of hydrogen-bond donors (Lipinski definition) is 1. The van der Waals surface area contributed by atoms with Gasteiger partial charge in [0.05, 0.1) is 6.61 Å². The minimum atomic E-state index is 0.316. The van der Waals surface area contributed by atoms with Gasteiger partial charge in [-0.1, -0.05) is 31.2 Å². The normalized spacial score (nSPS) is 12.3. The van der Waals surface area contributed by atoms with Crippen molar-refractivity contribution in [1.29, 1.82) is 0 Å². The molecule has 0 spiro atoms. The molecule has 0 aliphatic carbocycles. The van der Waals surface area contributed by atoms with Gasteiger partial charge in [-0.25, -0.2) is 0 Å². The van der Waals surface area contributed by atoms with Crippen molar-refractivity contribution in [2.24, 2.45) is 0 Å². The van der Waals surface area contributed by atoms with E-state index in [-0.39, 0.29) is 0 Å². The quantitative estimate of drug-likeness (QED) is 0.776. The third-order valence-corrected chi connectivity index (χ3v) is 4.12. The molecule has 2 aromatic rings. The van der Waals surface area contributed by atoms with Crippen LogP contribution in [0.15, 0.2) is 41.8 Å². The first-order chi connectivity index (χ1) is 9.85. The second kappa shape index (κ2) is 8.08. The SMILES string of the molecule is CCCNC(Cc1cccs1)c1ccccc1OCC. The first-order valence-electron chi connectivity index (χ1n) is 7.32. The van der Waals surface area contributed by atoms with Gasteiger partial charge in [0.25, 0.3) is 0 Å². The van der Waals surface area contributed by atoms with Gasteiger partial charge in [0.2, 0.25) is 0 Å². The van der Waals surface area contributed by atoms with E-state index >= 15 is 0 Å². The second-order valence-corrected chi connectivity index (χ2v) is 5.79. The Morgan fingerprint density at radius 3 is 2.70 bits per heavy atom. The molecule has 0 aliphatic rings. The maximum atomic E-state index is 5.78. The first kappa shape index (κ1) is 15.1. The number of ether oxygens (including phenoxy) is 1. The van der Waals surface area contributed by atoms with Gasteiger partial charge in [0.1, 0.15) is 5.75 Å². The summed E-state index contributed by atoms with van der Waals surface area (Å²) in [6.45, 7) is 5.96. The van der Waals surface area contributed by atoms with E-state index in [0.717, 1.165) is 25.1 Å². The Labute approximate surface area is 125 Å². The zero-order chi connectivity index (χ0) is 14.2. The van der Waals surface area contributed by atoms with Crippen LogP contribution in [0.3, 0.4) is 0 Å². The summed E-state index contributed by atoms with van der Waals surface area (Å²) >= 11 is 1.82. The lowest BCUT2D eigenvalue weighted by molar-refractivity contribution is 0.331. The zero-order valence-corrected chi connectivity index (χ0v) is 13.1. The van der Waals surface area contributed by atoms with Gasteiger partial charge in [-0.05, 0) is 37.4 Å². The third-order valence-electron chi connectivity index (χ3n) is 3.22. The zero-order valence-electron chi connectivity index (χ0n) is 12.3. The van der Waals surface area contributed by atoms with Crippen molar-refractivity contribution in [3.63, 3.8) is 0 Å². The van der Waals surface area contributed by atoms with Crippen molar-refractivity contribution >= 4 is 11.3 Å². The highest BCUT2D eigenvalue weighted by Crippen LogP contribution is 2.28. The molecule has 0 saturated heterocycles. The van der Waals surface area contributed by atoms with Crippen LogP contribution in [-0.2, 0) is 6.42 Å². The van der Waals surface area contributed by atoms with E-state index < -0.39 is 0 Å². The number of thiophene rings is 1. The van der Waals surface area contributed by atoms with E-state index in [1.807, 2.05) is 24.3 Å². The first-order valence-corrected chi connectivity index (χ1v) is 8.20. The molecule has 1 aromatic heterocycles. The number of para-hydroxylation sites is 1. The van der Waals surface area contributed by atoms with Crippen molar-refractivity contribution in [2.75, 3.05) is 13.2 Å². The molecule has 20 heavy (non-hydrogen) atoms. The maximum absolute atomic E-state index is 5.78. The van der Waals surface area contributed by atoms with Gasteiger partial charge in [0, 0.05) is 22.9 Å². The average Bonchev–Trinajstić information content (AvgIpc) is 2.97. The highest BCUT2D eigenvalue weighted by atomic mass is 32.1. The van der Waals surface area contributed by atoms with Gasteiger partial charge < -0.3 is 10.1 Å². The molecular weight excluding hydrogens is 266 g/mol. The summed E-state index contributed by atoms with van der Waals surface area (Å²) in [6.07, 6.45) is 2.15. The summed E-state index contributed by atoms with van der Waals surface area (Å²) in [5.41, 5.74) is 1.26. The van der Waals surface area contributed by atoms with Gasteiger partial charge >= 0.3 is 0 Å². The molecule has 0 saturated carbocycles. The lowest BCUT2D eigenvalue weighted by Gasteiger charge is -2.21. The summed E-state index contributed by atoms with van der Waals surface area (Å²) < 4.78 is 5.78. The molecule has 1 unspecified atom stereocenters. The molecule has 0 bridgehead atoms. The minimum Gasteiger partial charge on any atom is -0.494 e. The van der Waals surface area contributed by atoms with E-state index in [1.165, 1.54) is 10.4 Å². The van der Waals surface area contributed by atoms with Crippen LogP contribution in [0.25, 0.3) is 0 Å². The van der Waals surface area contributed by atoms with Crippen LogP contribution in [-0.4, -0.2) is 13.2 Å². The number of benzene rings is 1. The van der Waals surface area contributed by atoms with E-state index in [0.29, 0.717) is 12.6 Å². The molecule has 0 radical (unpaired) electrons. The van der Waals surface area contributed by atoms with Crippen molar-refractivity contribution in [3.8, 4) is 5.75 Å². The van der Waals surface area contributed by atoms with Crippen LogP contribution in [0, 0.1) is 0 Å². The molecule has 1 N–H and O–H groups in total. The van der Waals surface area contributed by atoms with Gasteiger partial charge in [-0.2, -0.15) is 0 Å². The third kappa shape index (κ3) is 4.09. The fraction of sp³-hybridized carbons (Fsp3) is 0.412. The van der Waals surface area contributed by atoms with Crippen LogP contribution in [0.5, 0.6) is 5.75 Å². The lowest BCUT2D eigenvalue weighted by atomic mass is 10.0. The Bertz CT molecular complexity index is 495. The van der Waals surface area contributed by atoms with Crippen LogP contribution in [0.1, 0.15) is 36.8 Å². The van der Waals surface area contributed by atoms with Gasteiger partial charge in [-0.15, -0.1) is 11.3 Å². The van der Waals surface area contributed by atoms with Crippen molar-refractivity contribution in [1.82, 2.24) is 5.32 Å². The monoisotopic (exact) mass is 289 g/mol. The van der Waals surface area contributed by atoms with Crippen LogP contribution in [0.4, 0.5) is 0 Å². The predicted molar refractivity (Wildman–Crippen MR) is 86.7 cm³/mol. The summed E-state index contributed by atoms with van der Waals surface area (Å²) in [5.74, 6) is 1.00. The van der Waals surface area contributed by atoms with E-state index in [2.05, 4.69) is 48.0 Å². The lowest BCUT2D eigenvalue weighted by Crippen LogP contribution is -2.24. The molecule has 1 aromatic carbocycles. The summed E-state index contributed by atoms with van der Waals surface area (Å²) in [4.78, 5) is 1.41. The maximum Gasteiger partial charge on any atom is 0.124 e. The van der Waals surface area contributed by atoms with E-state index in [1.54, 1.807) is 0 Å². The molecular formula is C17H23NOS. The standard InChI is InChI=1S/C17H23NOS/c1-3-11-18-16(13-14-8-7-12-20-14)15-9-5-6-10-17(15)19-4-2/h5-10,12,16,18H,3-4,11,13H2,1-2H3. The Morgan fingerprint density at radius 1 is 1.15 bits per heavy atom. The minimum absolute atomic E-state index is 0.316. The Morgan fingerprint density at radius 2 is 2.00 bits per heavy atom. The molecule has 1 heterocycles. The van der Waals surface area contributed by atoms with Crippen molar-refractivity contribution < 1.29 is 4.74 Å². The number of hydrogen-bond acceptors (Lipinski definition) is 3. The van der Waals surface area contributed by atoms with Crippen LogP contribution < -0.4 is 10.1 Å². The van der Waals surface area contributed by atoms with Crippen molar-refractivity contribution in [2.45, 2.75) is 32.7 Å². The van der Waals surface area contributed by atoms with E-state index in [4.69, 9.17) is 4.74 Å².